The summed E-state index contributed by atoms with van der Waals surface area (Å²) < 4.78 is 21.3. The van der Waals surface area contributed by atoms with Gasteiger partial charge in [-0.1, -0.05) is 23.2 Å². The molecule has 0 unspecified atom stereocenters. The van der Waals surface area contributed by atoms with Crippen LogP contribution < -0.4 is 16.4 Å². The van der Waals surface area contributed by atoms with Crippen LogP contribution in [-0.2, 0) is 9.53 Å². The van der Waals surface area contributed by atoms with E-state index in [4.69, 9.17) is 43.6 Å². The van der Waals surface area contributed by atoms with E-state index >= 15 is 0 Å². The van der Waals surface area contributed by atoms with Crippen molar-refractivity contribution in [3.63, 3.8) is 0 Å². The minimum atomic E-state index is -0.530. The molecule has 2 fully saturated rings. The van der Waals surface area contributed by atoms with Crippen molar-refractivity contribution in [1.29, 1.82) is 0 Å². The first-order valence-electron chi connectivity index (χ1n) is 11.7. The van der Waals surface area contributed by atoms with Crippen LogP contribution >= 0.6 is 23.2 Å². The lowest BCUT2D eigenvalue weighted by atomic mass is 9.85. The van der Waals surface area contributed by atoms with Gasteiger partial charge >= 0.3 is 0 Å². The second-order valence-electron chi connectivity index (χ2n) is 9.04. The predicted octanol–water partition coefficient (Wildman–Crippen LogP) is 4.82. The van der Waals surface area contributed by atoms with Gasteiger partial charge < -0.3 is 21.1 Å². The van der Waals surface area contributed by atoms with Gasteiger partial charge in [-0.15, -0.1) is 0 Å². The number of carbonyl (C=O) groups is 1. The first-order chi connectivity index (χ1) is 16.9. The lowest BCUT2D eigenvalue weighted by molar-refractivity contribution is -0.122. The average molecular weight is 522 g/mol. The molecule has 0 spiro atoms. The van der Waals surface area contributed by atoms with Crippen molar-refractivity contribution >= 4 is 57.9 Å². The second-order valence-corrected chi connectivity index (χ2v) is 9.86. The largest absolute Gasteiger partial charge is 0.379 e. The number of carbonyl (C=O) groups excluding carboxylic acids is 1. The molecular weight excluding hydrogens is 496 g/mol. The molecule has 3 heterocycles. The van der Waals surface area contributed by atoms with Crippen LogP contribution in [-0.4, -0.2) is 44.7 Å². The number of fused-ring (bicyclic) bond motifs is 1. The summed E-state index contributed by atoms with van der Waals surface area (Å²) in [5, 5.41) is 6.81. The minimum Gasteiger partial charge on any atom is -0.379 e. The fourth-order valence-electron chi connectivity index (χ4n) is 4.82. The highest BCUT2D eigenvalue weighted by molar-refractivity contribution is 6.39. The van der Waals surface area contributed by atoms with Crippen molar-refractivity contribution < 1.29 is 13.9 Å². The highest BCUT2D eigenvalue weighted by Gasteiger charge is 2.29. The molecule has 1 saturated heterocycles. The molecule has 1 atom stereocenters. The molecule has 5 rings (SSSR count). The molecule has 3 aromatic rings. The summed E-state index contributed by atoms with van der Waals surface area (Å²) >= 11 is 12.6. The first-order valence-corrected chi connectivity index (χ1v) is 12.4. The number of ether oxygens (including phenoxy) is 1. The number of hydrogen-bond donors (Lipinski definition) is 3. The number of amides is 1. The Hall–Kier alpha value is -2.69. The van der Waals surface area contributed by atoms with Gasteiger partial charge in [0.25, 0.3) is 0 Å². The SMILES string of the molecule is NC(=O)[C@H]1CC[C@@H](n2c(Nc3c(Cl)cc(F)cc3Cl)nc3cnc(N[C@H]4CCCOC4)nc32)CC1. The molecule has 1 saturated carbocycles. The number of rotatable bonds is 6. The van der Waals surface area contributed by atoms with Crippen molar-refractivity contribution in [1.82, 2.24) is 19.5 Å². The van der Waals surface area contributed by atoms with Crippen molar-refractivity contribution in [2.24, 2.45) is 11.7 Å². The van der Waals surface area contributed by atoms with Crippen molar-refractivity contribution in [2.75, 3.05) is 23.8 Å². The number of nitrogens with two attached hydrogens (primary N) is 1. The Morgan fingerprint density at radius 2 is 1.89 bits per heavy atom. The molecule has 9 nitrogen and oxygen atoms in total. The van der Waals surface area contributed by atoms with Crippen LogP contribution in [0.3, 0.4) is 0 Å². The quantitative estimate of drug-likeness (QED) is 0.425. The van der Waals surface area contributed by atoms with Gasteiger partial charge in [0.05, 0.1) is 34.6 Å². The molecule has 12 heteroatoms. The van der Waals surface area contributed by atoms with Crippen LogP contribution in [0, 0.1) is 11.7 Å². The molecule has 4 N–H and O–H groups in total. The zero-order chi connectivity index (χ0) is 24.5. The topological polar surface area (TPSA) is 120 Å². The summed E-state index contributed by atoms with van der Waals surface area (Å²) in [6.07, 6.45) is 6.42. The number of nitrogens with zero attached hydrogens (tertiary/aromatic N) is 4. The normalized spacial score (nSPS) is 22.8. The van der Waals surface area contributed by atoms with Gasteiger partial charge in [0.15, 0.2) is 5.65 Å². The molecular formula is C23H26Cl2FN7O2. The van der Waals surface area contributed by atoms with Gasteiger partial charge in [0.2, 0.25) is 17.8 Å². The maximum absolute atomic E-state index is 13.7. The van der Waals surface area contributed by atoms with Gasteiger partial charge in [-0.3, -0.25) is 9.36 Å². The van der Waals surface area contributed by atoms with E-state index in [0.29, 0.717) is 48.2 Å². The summed E-state index contributed by atoms with van der Waals surface area (Å²) in [7, 11) is 0. The Morgan fingerprint density at radius 3 is 2.54 bits per heavy atom. The highest BCUT2D eigenvalue weighted by atomic mass is 35.5. The van der Waals surface area contributed by atoms with Gasteiger partial charge in [-0.2, -0.15) is 4.98 Å². The molecule has 2 aromatic heterocycles. The number of nitrogens with one attached hydrogen (secondary N) is 2. The van der Waals surface area contributed by atoms with E-state index in [0.717, 1.165) is 32.3 Å². The standard InChI is InChI=1S/C23H26Cl2FN7O2/c24-16-8-13(26)9-17(25)19(16)31-23-30-18-10-28-22(29-14-2-1-7-35-11-14)32-21(18)33(23)15-5-3-12(4-6-15)20(27)34/h8-10,12,14-15H,1-7,11H2,(H2,27,34)(H,30,31)(H,28,29,32)/t12-,14-,15+/m0/s1. The molecule has 1 aliphatic carbocycles. The van der Waals surface area contributed by atoms with Gasteiger partial charge in [0.1, 0.15) is 11.3 Å². The van der Waals surface area contributed by atoms with Crippen molar-refractivity contribution in [2.45, 2.75) is 50.6 Å². The third-order valence-corrected chi connectivity index (χ3v) is 7.23. The van der Waals surface area contributed by atoms with E-state index < -0.39 is 5.82 Å². The second kappa shape index (κ2) is 10.1. The third-order valence-electron chi connectivity index (χ3n) is 6.63. The van der Waals surface area contributed by atoms with E-state index in [-0.39, 0.29) is 34.0 Å². The van der Waals surface area contributed by atoms with Crippen molar-refractivity contribution in [3.05, 3.63) is 34.2 Å². The Morgan fingerprint density at radius 1 is 1.14 bits per heavy atom. The highest BCUT2D eigenvalue weighted by Crippen LogP contribution is 2.39. The Labute approximate surface area is 211 Å². The van der Waals surface area contributed by atoms with Gasteiger partial charge in [-0.05, 0) is 50.7 Å². The summed E-state index contributed by atoms with van der Waals surface area (Å²) in [5.74, 6) is 0.00844. The number of primary amides is 1. The first kappa shape index (κ1) is 24.0. The van der Waals surface area contributed by atoms with Crippen LogP contribution in [0.5, 0.6) is 0 Å². The van der Waals surface area contributed by atoms with Crippen LogP contribution in [0.1, 0.15) is 44.6 Å². The maximum Gasteiger partial charge on any atom is 0.225 e. The number of benzene rings is 1. The van der Waals surface area contributed by atoms with Crippen molar-refractivity contribution in [3.8, 4) is 0 Å². The minimum absolute atomic E-state index is 0.0110. The van der Waals surface area contributed by atoms with E-state index in [9.17, 15) is 9.18 Å². The fraction of sp³-hybridized carbons (Fsp3) is 0.478. The summed E-state index contributed by atoms with van der Waals surface area (Å²) in [6, 6.07) is 2.53. The number of hydrogen-bond acceptors (Lipinski definition) is 7. The Kier molecular flexibility index (Phi) is 6.95. The molecule has 35 heavy (non-hydrogen) atoms. The van der Waals surface area contributed by atoms with Crippen LogP contribution in [0.15, 0.2) is 18.3 Å². The summed E-state index contributed by atoms with van der Waals surface area (Å²) in [4.78, 5) is 25.6. The number of halogens is 3. The smallest absolute Gasteiger partial charge is 0.225 e. The number of anilines is 3. The number of aromatic nitrogens is 4. The zero-order valence-corrected chi connectivity index (χ0v) is 20.4. The third kappa shape index (κ3) is 5.14. The lowest BCUT2D eigenvalue weighted by Crippen LogP contribution is -2.31. The van der Waals surface area contributed by atoms with Gasteiger partial charge in [-0.25, -0.2) is 14.4 Å². The number of imidazole rings is 1. The monoisotopic (exact) mass is 521 g/mol. The molecule has 186 valence electrons. The lowest BCUT2D eigenvalue weighted by Gasteiger charge is -2.29. The van der Waals surface area contributed by atoms with Gasteiger partial charge in [0, 0.05) is 18.6 Å². The van der Waals surface area contributed by atoms with E-state index in [1.54, 1.807) is 6.20 Å². The van der Waals surface area contributed by atoms with Crippen LogP contribution in [0.2, 0.25) is 10.0 Å². The maximum atomic E-state index is 13.7. The fourth-order valence-corrected chi connectivity index (χ4v) is 5.38. The van der Waals surface area contributed by atoms with Crippen LogP contribution in [0.25, 0.3) is 11.2 Å². The molecule has 1 aromatic carbocycles. The summed E-state index contributed by atoms with van der Waals surface area (Å²) in [5.41, 5.74) is 7.11. The molecule has 0 bridgehead atoms. The predicted molar refractivity (Wildman–Crippen MR) is 133 cm³/mol. The molecule has 0 radical (unpaired) electrons. The Balaban J connectivity index is 1.52. The zero-order valence-electron chi connectivity index (χ0n) is 18.9. The summed E-state index contributed by atoms with van der Waals surface area (Å²) in [6.45, 7) is 1.37. The Bertz CT molecular complexity index is 1220. The van der Waals surface area contributed by atoms with E-state index in [1.807, 2.05) is 4.57 Å². The van der Waals surface area contributed by atoms with E-state index in [2.05, 4.69) is 15.6 Å². The average Bonchev–Trinajstić information content (AvgIpc) is 3.19. The molecule has 1 aliphatic heterocycles. The van der Waals surface area contributed by atoms with E-state index in [1.165, 1.54) is 12.1 Å². The molecule has 2 aliphatic rings. The van der Waals surface area contributed by atoms with Crippen LogP contribution in [0.4, 0.5) is 22.0 Å². The molecule has 1 amide bonds.